The minimum absolute atomic E-state index is 0.0359. The number of amides is 1. The van der Waals surface area contributed by atoms with Crippen molar-refractivity contribution >= 4 is 40.3 Å². The van der Waals surface area contributed by atoms with Crippen LogP contribution >= 0.6 is 23.4 Å². The molecule has 0 spiro atoms. The molecule has 1 amide bonds. The van der Waals surface area contributed by atoms with Gasteiger partial charge in [0.2, 0.25) is 5.91 Å². The number of nitrogens with zero attached hydrogens (tertiary/aromatic N) is 2. The summed E-state index contributed by atoms with van der Waals surface area (Å²) >= 11 is 7.37. The maximum absolute atomic E-state index is 12.4. The lowest BCUT2D eigenvalue weighted by atomic mass is 10.1. The van der Waals surface area contributed by atoms with Crippen LogP contribution in [0.15, 0.2) is 53.7 Å². The van der Waals surface area contributed by atoms with E-state index in [1.807, 2.05) is 56.4 Å². The van der Waals surface area contributed by atoms with E-state index in [0.29, 0.717) is 10.8 Å². The first-order valence-electron chi connectivity index (χ1n) is 7.63. The average Bonchev–Trinajstić information content (AvgIpc) is 3.01. The van der Waals surface area contributed by atoms with Crippen LogP contribution in [0.2, 0.25) is 5.02 Å². The van der Waals surface area contributed by atoms with Crippen molar-refractivity contribution in [2.75, 3.05) is 12.8 Å². The van der Waals surface area contributed by atoms with E-state index >= 15 is 0 Å². The molecule has 6 heteroatoms. The zero-order chi connectivity index (χ0) is 17.1. The molecule has 0 bridgehead atoms. The van der Waals surface area contributed by atoms with Crippen LogP contribution in [-0.2, 0) is 4.79 Å². The Kier molecular flexibility index (Phi) is 5.11. The second-order valence-electron chi connectivity index (χ2n) is 5.58. The topological polar surface area (TPSA) is 49.0 Å². The maximum atomic E-state index is 12.4. The number of aromatic nitrogens is 2. The van der Waals surface area contributed by atoms with E-state index < -0.39 is 0 Å². The van der Waals surface area contributed by atoms with Crippen molar-refractivity contribution in [2.45, 2.75) is 18.1 Å². The van der Waals surface area contributed by atoms with Gasteiger partial charge < -0.3 is 9.88 Å². The van der Waals surface area contributed by atoms with Gasteiger partial charge in [0.1, 0.15) is 0 Å². The predicted molar refractivity (Wildman–Crippen MR) is 99.5 cm³/mol. The van der Waals surface area contributed by atoms with Gasteiger partial charge in [-0.2, -0.15) is 0 Å². The molecule has 0 aliphatic rings. The van der Waals surface area contributed by atoms with Gasteiger partial charge >= 0.3 is 0 Å². The highest BCUT2D eigenvalue weighted by Crippen LogP contribution is 2.24. The van der Waals surface area contributed by atoms with Crippen molar-refractivity contribution < 1.29 is 4.79 Å². The van der Waals surface area contributed by atoms with E-state index in [4.69, 9.17) is 11.6 Å². The number of fused-ring (bicyclic) bond motifs is 1. The lowest BCUT2D eigenvalue weighted by Gasteiger charge is -2.25. The number of hydrogen-bond acceptors (Lipinski definition) is 3. The van der Waals surface area contributed by atoms with Crippen molar-refractivity contribution in [1.82, 2.24) is 14.9 Å². The van der Waals surface area contributed by atoms with Crippen LogP contribution < -0.4 is 0 Å². The van der Waals surface area contributed by atoms with Gasteiger partial charge in [0.15, 0.2) is 5.16 Å². The van der Waals surface area contributed by atoms with Crippen LogP contribution in [0.4, 0.5) is 0 Å². The van der Waals surface area contributed by atoms with Crippen LogP contribution in [-0.4, -0.2) is 33.6 Å². The zero-order valence-electron chi connectivity index (χ0n) is 13.5. The molecule has 1 N–H and O–H groups in total. The smallest absolute Gasteiger partial charge is 0.233 e. The van der Waals surface area contributed by atoms with E-state index in [1.54, 1.807) is 11.0 Å². The number of benzene rings is 2. The van der Waals surface area contributed by atoms with Crippen LogP contribution in [0.3, 0.4) is 0 Å². The number of carbonyl (C=O) groups excluding carboxylic acids is 1. The third kappa shape index (κ3) is 3.74. The quantitative estimate of drug-likeness (QED) is 0.681. The number of rotatable bonds is 5. The number of aromatic amines is 1. The lowest BCUT2D eigenvalue weighted by molar-refractivity contribution is -0.128. The summed E-state index contributed by atoms with van der Waals surface area (Å²) in [4.78, 5) is 21.9. The van der Waals surface area contributed by atoms with Crippen LogP contribution in [0.5, 0.6) is 0 Å². The highest BCUT2D eigenvalue weighted by Gasteiger charge is 2.18. The van der Waals surface area contributed by atoms with E-state index in [2.05, 4.69) is 9.97 Å². The Morgan fingerprint density at radius 3 is 2.79 bits per heavy atom. The Bertz CT molecular complexity index is 850. The van der Waals surface area contributed by atoms with Crippen molar-refractivity contribution in [3.05, 3.63) is 59.1 Å². The fourth-order valence-electron chi connectivity index (χ4n) is 2.43. The first-order valence-corrected chi connectivity index (χ1v) is 8.99. The minimum atomic E-state index is 0.0359. The Morgan fingerprint density at radius 2 is 2.04 bits per heavy atom. The first-order chi connectivity index (χ1) is 11.5. The molecule has 2 aromatic carbocycles. The summed E-state index contributed by atoms with van der Waals surface area (Å²) in [5.41, 5.74) is 2.85. The van der Waals surface area contributed by atoms with Crippen molar-refractivity contribution in [3.63, 3.8) is 0 Å². The predicted octanol–water partition coefficient (Wildman–Crippen LogP) is 4.53. The molecule has 1 atom stereocenters. The van der Waals surface area contributed by atoms with E-state index in [1.165, 1.54) is 11.8 Å². The van der Waals surface area contributed by atoms with Crippen molar-refractivity contribution in [3.8, 4) is 0 Å². The van der Waals surface area contributed by atoms with Gasteiger partial charge in [0, 0.05) is 12.1 Å². The summed E-state index contributed by atoms with van der Waals surface area (Å²) in [5, 5.41) is 1.39. The molecule has 1 heterocycles. The van der Waals surface area contributed by atoms with E-state index in [0.717, 1.165) is 21.8 Å². The molecule has 24 heavy (non-hydrogen) atoms. The van der Waals surface area contributed by atoms with Crippen LogP contribution in [0, 0.1) is 0 Å². The van der Waals surface area contributed by atoms with Crippen molar-refractivity contribution in [2.24, 2.45) is 0 Å². The highest BCUT2D eigenvalue weighted by atomic mass is 35.5. The summed E-state index contributed by atoms with van der Waals surface area (Å²) in [5.74, 6) is 0.399. The summed E-state index contributed by atoms with van der Waals surface area (Å²) in [6.07, 6.45) is 0. The molecule has 0 saturated heterocycles. The third-order valence-corrected chi connectivity index (χ3v) is 5.10. The number of hydrogen-bond donors (Lipinski definition) is 1. The third-order valence-electron chi connectivity index (χ3n) is 4.01. The van der Waals surface area contributed by atoms with Gasteiger partial charge in [0.05, 0.1) is 22.8 Å². The second kappa shape index (κ2) is 7.28. The molecule has 0 radical (unpaired) electrons. The van der Waals surface area contributed by atoms with Crippen LogP contribution in [0.1, 0.15) is 18.5 Å². The number of thioether (sulfide) groups is 1. The number of H-pyrrole nitrogens is 1. The molecular weight excluding hydrogens is 342 g/mol. The summed E-state index contributed by atoms with van der Waals surface area (Å²) in [6.45, 7) is 2.03. The molecule has 0 fully saturated rings. The molecular formula is C18H18ClN3OS. The fourth-order valence-corrected chi connectivity index (χ4v) is 3.41. The van der Waals surface area contributed by atoms with Crippen LogP contribution in [0.25, 0.3) is 11.0 Å². The molecule has 4 nitrogen and oxygen atoms in total. The van der Waals surface area contributed by atoms with E-state index in [-0.39, 0.29) is 11.9 Å². The molecule has 0 aliphatic carbocycles. The number of carbonyl (C=O) groups is 1. The molecule has 1 unspecified atom stereocenters. The average molecular weight is 360 g/mol. The van der Waals surface area contributed by atoms with Gasteiger partial charge in [-0.25, -0.2) is 4.98 Å². The highest BCUT2D eigenvalue weighted by molar-refractivity contribution is 7.99. The van der Waals surface area contributed by atoms with Crippen molar-refractivity contribution in [1.29, 1.82) is 0 Å². The van der Waals surface area contributed by atoms with Gasteiger partial charge in [-0.3, -0.25) is 4.79 Å². The SMILES string of the molecule is CC(c1ccccc1)N(C)C(=O)CSc1nc2ccc(Cl)cc2[nH]1. The van der Waals surface area contributed by atoms with Gasteiger partial charge in [0.25, 0.3) is 0 Å². The standard InChI is InChI=1S/C18H18ClN3OS/c1-12(13-6-4-3-5-7-13)22(2)17(23)11-24-18-20-15-9-8-14(19)10-16(15)21-18/h3-10,12H,11H2,1-2H3,(H,20,21). The maximum Gasteiger partial charge on any atom is 0.233 e. The molecule has 0 saturated carbocycles. The minimum Gasteiger partial charge on any atom is -0.338 e. The number of imidazole rings is 1. The van der Waals surface area contributed by atoms with Gasteiger partial charge in [-0.05, 0) is 30.7 Å². The Hall–Kier alpha value is -1.98. The zero-order valence-corrected chi connectivity index (χ0v) is 15.1. The Morgan fingerprint density at radius 1 is 1.29 bits per heavy atom. The van der Waals surface area contributed by atoms with Gasteiger partial charge in [-0.15, -0.1) is 0 Å². The molecule has 0 aliphatic heterocycles. The molecule has 124 valence electrons. The molecule has 1 aromatic heterocycles. The lowest BCUT2D eigenvalue weighted by Crippen LogP contribution is -2.31. The largest absolute Gasteiger partial charge is 0.338 e. The summed E-state index contributed by atoms with van der Waals surface area (Å²) < 4.78 is 0. The normalized spacial score (nSPS) is 12.3. The summed E-state index contributed by atoms with van der Waals surface area (Å²) in [6, 6.07) is 15.5. The Labute approximate surface area is 150 Å². The monoisotopic (exact) mass is 359 g/mol. The Balaban J connectivity index is 1.63. The second-order valence-corrected chi connectivity index (χ2v) is 6.98. The number of halogens is 1. The number of nitrogens with one attached hydrogen (secondary N) is 1. The molecule has 3 rings (SSSR count). The van der Waals surface area contributed by atoms with Gasteiger partial charge in [-0.1, -0.05) is 53.7 Å². The van der Waals surface area contributed by atoms with E-state index in [9.17, 15) is 4.79 Å². The molecule has 3 aromatic rings. The summed E-state index contributed by atoms with van der Waals surface area (Å²) in [7, 11) is 1.83. The first kappa shape index (κ1) is 16.9. The fraction of sp³-hybridized carbons (Fsp3) is 0.222.